The van der Waals surface area contributed by atoms with Crippen LogP contribution in [0.5, 0.6) is 5.75 Å². The summed E-state index contributed by atoms with van der Waals surface area (Å²) in [6.45, 7) is 7.91. The van der Waals surface area contributed by atoms with Crippen molar-refractivity contribution in [2.75, 3.05) is 33.4 Å². The molecule has 0 saturated carbocycles. The first kappa shape index (κ1) is 16.2. The summed E-state index contributed by atoms with van der Waals surface area (Å²) in [4.78, 5) is 2.47. The van der Waals surface area contributed by atoms with Gasteiger partial charge in [0.1, 0.15) is 5.75 Å². The lowest BCUT2D eigenvalue weighted by Crippen LogP contribution is -2.58. The zero-order valence-corrected chi connectivity index (χ0v) is 13.3. The van der Waals surface area contributed by atoms with E-state index in [2.05, 4.69) is 36.3 Å². The molecule has 1 aliphatic rings. The van der Waals surface area contributed by atoms with E-state index in [1.54, 1.807) is 7.11 Å². The van der Waals surface area contributed by atoms with Gasteiger partial charge in [-0.15, -0.1) is 0 Å². The summed E-state index contributed by atoms with van der Waals surface area (Å²) in [5.74, 6) is 6.77. The van der Waals surface area contributed by atoms with Crippen LogP contribution in [0, 0.1) is 0 Å². The fourth-order valence-corrected chi connectivity index (χ4v) is 3.14. The molecule has 0 amide bonds. The largest absolute Gasteiger partial charge is 0.497 e. The van der Waals surface area contributed by atoms with E-state index >= 15 is 0 Å². The fourth-order valence-electron chi connectivity index (χ4n) is 3.14. The Labute approximate surface area is 127 Å². The highest BCUT2D eigenvalue weighted by molar-refractivity contribution is 5.32. The average Bonchev–Trinajstić information content (AvgIpc) is 2.56. The molecule has 2 atom stereocenters. The van der Waals surface area contributed by atoms with Crippen molar-refractivity contribution in [3.8, 4) is 5.75 Å². The van der Waals surface area contributed by atoms with Crippen molar-refractivity contribution in [3.05, 3.63) is 29.8 Å². The number of morpholine rings is 1. The van der Waals surface area contributed by atoms with Gasteiger partial charge in [-0.05, 0) is 31.0 Å². The van der Waals surface area contributed by atoms with E-state index in [-0.39, 0.29) is 11.6 Å². The third kappa shape index (κ3) is 3.37. The van der Waals surface area contributed by atoms with Gasteiger partial charge in [-0.25, -0.2) is 0 Å². The molecule has 1 aromatic carbocycles. The molecule has 0 spiro atoms. The van der Waals surface area contributed by atoms with Gasteiger partial charge in [-0.1, -0.05) is 19.1 Å². The highest BCUT2D eigenvalue weighted by Gasteiger charge is 2.39. The van der Waals surface area contributed by atoms with E-state index in [0.29, 0.717) is 0 Å². The molecule has 2 unspecified atom stereocenters. The Bertz CT molecular complexity index is 449. The third-order valence-corrected chi connectivity index (χ3v) is 4.66. The number of nitrogens with zero attached hydrogens (tertiary/aromatic N) is 1. The Morgan fingerprint density at radius 2 is 2.14 bits per heavy atom. The van der Waals surface area contributed by atoms with Crippen LogP contribution in [-0.4, -0.2) is 43.9 Å². The standard InChI is InChI=1S/C16H27N3O2/c1-4-16(2,19-8-10-21-11-9-19)15(18-17)13-6-5-7-14(12-13)20-3/h5-7,12,15,18H,4,8-11,17H2,1-3H3. The summed E-state index contributed by atoms with van der Waals surface area (Å²) in [6.07, 6.45) is 0.999. The lowest BCUT2D eigenvalue weighted by molar-refractivity contribution is -0.0329. The Morgan fingerprint density at radius 1 is 1.43 bits per heavy atom. The number of hydrazine groups is 1. The van der Waals surface area contributed by atoms with Gasteiger partial charge in [-0.3, -0.25) is 16.2 Å². The predicted molar refractivity (Wildman–Crippen MR) is 84.1 cm³/mol. The summed E-state index contributed by atoms with van der Waals surface area (Å²) < 4.78 is 10.8. The average molecular weight is 293 g/mol. The minimum absolute atomic E-state index is 0.0377. The molecule has 5 nitrogen and oxygen atoms in total. The van der Waals surface area contributed by atoms with E-state index in [1.165, 1.54) is 0 Å². The Balaban J connectivity index is 2.31. The van der Waals surface area contributed by atoms with Crippen molar-refractivity contribution >= 4 is 0 Å². The van der Waals surface area contributed by atoms with Gasteiger partial charge in [0.15, 0.2) is 0 Å². The molecule has 0 bridgehead atoms. The van der Waals surface area contributed by atoms with Crippen molar-refractivity contribution in [3.63, 3.8) is 0 Å². The van der Waals surface area contributed by atoms with Crippen LogP contribution in [0.2, 0.25) is 0 Å². The van der Waals surface area contributed by atoms with Gasteiger partial charge in [-0.2, -0.15) is 0 Å². The van der Waals surface area contributed by atoms with E-state index < -0.39 is 0 Å². The van der Waals surface area contributed by atoms with Gasteiger partial charge in [0.05, 0.1) is 26.4 Å². The summed E-state index contributed by atoms with van der Waals surface area (Å²) in [7, 11) is 1.69. The number of methoxy groups -OCH3 is 1. The molecule has 21 heavy (non-hydrogen) atoms. The van der Waals surface area contributed by atoms with Crippen LogP contribution in [0.25, 0.3) is 0 Å². The molecule has 1 saturated heterocycles. The second-order valence-electron chi connectivity index (χ2n) is 5.69. The normalized spacial score (nSPS) is 20.8. The van der Waals surface area contributed by atoms with E-state index in [4.69, 9.17) is 15.3 Å². The molecule has 1 heterocycles. The minimum atomic E-state index is -0.0646. The molecular weight excluding hydrogens is 266 g/mol. The molecule has 0 aliphatic carbocycles. The van der Waals surface area contributed by atoms with Crippen LogP contribution in [0.15, 0.2) is 24.3 Å². The van der Waals surface area contributed by atoms with Gasteiger partial charge < -0.3 is 9.47 Å². The molecule has 2 rings (SSSR count). The number of hydrogen-bond donors (Lipinski definition) is 2. The summed E-state index contributed by atoms with van der Waals surface area (Å²) >= 11 is 0. The molecule has 1 aliphatic heterocycles. The Hall–Kier alpha value is -1.14. The van der Waals surface area contributed by atoms with Gasteiger partial charge in [0, 0.05) is 18.6 Å². The molecule has 118 valence electrons. The van der Waals surface area contributed by atoms with Crippen molar-refractivity contribution in [2.24, 2.45) is 5.84 Å². The molecular formula is C16H27N3O2. The van der Waals surface area contributed by atoms with E-state index in [0.717, 1.165) is 44.0 Å². The number of hydrogen-bond acceptors (Lipinski definition) is 5. The maximum atomic E-state index is 5.92. The van der Waals surface area contributed by atoms with E-state index in [1.807, 2.05) is 12.1 Å². The smallest absolute Gasteiger partial charge is 0.119 e. The highest BCUT2D eigenvalue weighted by Crippen LogP contribution is 2.35. The first-order valence-electron chi connectivity index (χ1n) is 7.58. The summed E-state index contributed by atoms with van der Waals surface area (Å²) in [5, 5.41) is 0. The van der Waals surface area contributed by atoms with E-state index in [9.17, 15) is 0 Å². The SMILES string of the molecule is CCC(C)(C(NN)c1cccc(OC)c1)N1CCOCC1. The fraction of sp³-hybridized carbons (Fsp3) is 0.625. The Morgan fingerprint density at radius 3 is 2.71 bits per heavy atom. The first-order chi connectivity index (χ1) is 10.2. The maximum absolute atomic E-state index is 5.92. The van der Waals surface area contributed by atoms with Crippen LogP contribution in [-0.2, 0) is 4.74 Å². The van der Waals surface area contributed by atoms with Crippen LogP contribution in [0.3, 0.4) is 0 Å². The second-order valence-corrected chi connectivity index (χ2v) is 5.69. The number of ether oxygens (including phenoxy) is 2. The zero-order chi connectivity index (χ0) is 15.3. The van der Waals surface area contributed by atoms with Crippen LogP contribution in [0.4, 0.5) is 0 Å². The predicted octanol–water partition coefficient (Wildman–Crippen LogP) is 1.70. The Kier molecular flexibility index (Phi) is 5.58. The van der Waals surface area contributed by atoms with Crippen LogP contribution in [0.1, 0.15) is 31.9 Å². The van der Waals surface area contributed by atoms with Gasteiger partial charge >= 0.3 is 0 Å². The van der Waals surface area contributed by atoms with Gasteiger partial charge in [0.25, 0.3) is 0 Å². The third-order valence-electron chi connectivity index (χ3n) is 4.66. The molecule has 1 fully saturated rings. The lowest BCUT2D eigenvalue weighted by atomic mass is 9.83. The second kappa shape index (κ2) is 7.22. The van der Waals surface area contributed by atoms with Crippen molar-refractivity contribution in [1.82, 2.24) is 10.3 Å². The first-order valence-corrected chi connectivity index (χ1v) is 7.58. The monoisotopic (exact) mass is 293 g/mol. The van der Waals surface area contributed by atoms with Crippen molar-refractivity contribution in [2.45, 2.75) is 31.8 Å². The molecule has 3 N–H and O–H groups in total. The highest BCUT2D eigenvalue weighted by atomic mass is 16.5. The van der Waals surface area contributed by atoms with Gasteiger partial charge in [0.2, 0.25) is 0 Å². The number of nitrogens with two attached hydrogens (primary N) is 1. The summed E-state index contributed by atoms with van der Waals surface area (Å²) in [5.41, 5.74) is 4.10. The van der Waals surface area contributed by atoms with Crippen LogP contribution < -0.4 is 16.0 Å². The molecule has 5 heteroatoms. The zero-order valence-electron chi connectivity index (χ0n) is 13.3. The van der Waals surface area contributed by atoms with Crippen LogP contribution >= 0.6 is 0 Å². The van der Waals surface area contributed by atoms with Crippen molar-refractivity contribution in [1.29, 1.82) is 0 Å². The number of nitrogens with one attached hydrogen (secondary N) is 1. The number of benzene rings is 1. The lowest BCUT2D eigenvalue weighted by Gasteiger charge is -2.47. The van der Waals surface area contributed by atoms with Crippen molar-refractivity contribution < 1.29 is 9.47 Å². The molecule has 1 aromatic rings. The molecule has 0 radical (unpaired) electrons. The minimum Gasteiger partial charge on any atom is -0.497 e. The number of rotatable bonds is 6. The summed E-state index contributed by atoms with van der Waals surface area (Å²) in [6, 6.07) is 8.15. The maximum Gasteiger partial charge on any atom is 0.119 e. The molecule has 0 aromatic heterocycles. The quantitative estimate of drug-likeness (QED) is 0.617. The topological polar surface area (TPSA) is 59.8 Å².